The van der Waals surface area contributed by atoms with Crippen molar-refractivity contribution in [1.82, 2.24) is 15.1 Å². The lowest BCUT2D eigenvalue weighted by Gasteiger charge is -2.12. The normalized spacial score (nSPS) is 11.6. The van der Waals surface area contributed by atoms with Gasteiger partial charge in [0.25, 0.3) is 5.91 Å². The number of halogens is 1. The second-order valence-corrected chi connectivity index (χ2v) is 6.58. The fourth-order valence-electron chi connectivity index (χ4n) is 2.76. The lowest BCUT2D eigenvalue weighted by atomic mass is 10.1. The van der Waals surface area contributed by atoms with Crippen LogP contribution in [-0.4, -0.2) is 33.8 Å². The zero-order valence-corrected chi connectivity index (χ0v) is 16.3. The first-order valence-corrected chi connectivity index (χ1v) is 8.98. The lowest BCUT2D eigenvalue weighted by molar-refractivity contribution is -0.127. The summed E-state index contributed by atoms with van der Waals surface area (Å²) in [5, 5.41) is 6.32. The molecule has 3 amide bonds. The van der Waals surface area contributed by atoms with Gasteiger partial charge in [-0.2, -0.15) is 5.10 Å². The molecular weight excluding hydrogens is 391 g/mol. The Hall–Kier alpha value is -4.01. The summed E-state index contributed by atoms with van der Waals surface area (Å²) in [4.78, 5) is 35.5. The molecule has 0 fully saturated rings. The van der Waals surface area contributed by atoms with Crippen LogP contribution in [0.5, 0.6) is 0 Å². The van der Waals surface area contributed by atoms with Crippen molar-refractivity contribution in [2.75, 3.05) is 0 Å². The van der Waals surface area contributed by atoms with E-state index in [1.54, 1.807) is 6.07 Å². The Bertz CT molecular complexity index is 1110. The summed E-state index contributed by atoms with van der Waals surface area (Å²) in [5.41, 5.74) is 7.50. The minimum absolute atomic E-state index is 0.101. The third kappa shape index (κ3) is 4.69. The molecule has 0 aliphatic carbocycles. The maximum Gasteiger partial charge on any atom is 0.342 e. The number of rotatable bonds is 5. The predicted octanol–water partition coefficient (Wildman–Crippen LogP) is 2.73. The van der Waals surface area contributed by atoms with Crippen molar-refractivity contribution in [3.05, 3.63) is 71.7 Å². The van der Waals surface area contributed by atoms with Crippen molar-refractivity contribution in [3.8, 4) is 16.9 Å². The van der Waals surface area contributed by atoms with Crippen molar-refractivity contribution in [3.63, 3.8) is 0 Å². The van der Waals surface area contributed by atoms with E-state index in [1.807, 2.05) is 30.4 Å². The summed E-state index contributed by atoms with van der Waals surface area (Å²) in [5.74, 6) is -2.07. The largest absolute Gasteiger partial charge is 0.449 e. The van der Waals surface area contributed by atoms with Crippen molar-refractivity contribution in [1.29, 1.82) is 0 Å². The molecule has 0 bridgehead atoms. The van der Waals surface area contributed by atoms with Crippen LogP contribution < -0.4 is 11.1 Å². The van der Waals surface area contributed by atoms with Gasteiger partial charge in [-0.05, 0) is 44.2 Å². The molecule has 0 saturated heterocycles. The second kappa shape index (κ2) is 8.56. The van der Waals surface area contributed by atoms with Gasteiger partial charge in [-0.1, -0.05) is 23.8 Å². The van der Waals surface area contributed by atoms with Gasteiger partial charge in [-0.3, -0.25) is 10.1 Å². The molecule has 0 radical (unpaired) electrons. The topological polar surface area (TPSA) is 116 Å². The number of nitrogens with one attached hydrogen (secondary N) is 1. The molecule has 1 heterocycles. The Balaban J connectivity index is 1.99. The number of hydrogen-bond acceptors (Lipinski definition) is 5. The minimum Gasteiger partial charge on any atom is -0.449 e. The fraction of sp³-hybridized carbons (Fsp3) is 0.143. The van der Waals surface area contributed by atoms with Crippen molar-refractivity contribution in [2.24, 2.45) is 5.73 Å². The van der Waals surface area contributed by atoms with Gasteiger partial charge in [-0.25, -0.2) is 18.7 Å². The molecule has 9 heteroatoms. The Morgan fingerprint density at radius 1 is 1.17 bits per heavy atom. The maximum absolute atomic E-state index is 13.3. The molecule has 3 rings (SSSR count). The van der Waals surface area contributed by atoms with Gasteiger partial charge in [0.2, 0.25) is 0 Å². The highest BCUT2D eigenvalue weighted by Gasteiger charge is 2.25. The van der Waals surface area contributed by atoms with Crippen LogP contribution in [0, 0.1) is 12.7 Å². The zero-order valence-electron chi connectivity index (χ0n) is 16.3. The number of aromatic nitrogens is 2. The Kier molecular flexibility index (Phi) is 5.91. The third-order valence-corrected chi connectivity index (χ3v) is 4.22. The summed E-state index contributed by atoms with van der Waals surface area (Å²) in [6.07, 6.45) is 0.177. The van der Waals surface area contributed by atoms with E-state index in [2.05, 4.69) is 5.10 Å². The van der Waals surface area contributed by atoms with E-state index in [0.29, 0.717) is 16.9 Å². The highest BCUT2D eigenvalue weighted by Crippen LogP contribution is 2.25. The molecule has 154 valence electrons. The fourth-order valence-corrected chi connectivity index (χ4v) is 2.76. The number of hydrogen-bond donors (Lipinski definition) is 2. The first-order valence-electron chi connectivity index (χ1n) is 8.98. The van der Waals surface area contributed by atoms with Crippen LogP contribution in [-0.2, 0) is 9.53 Å². The summed E-state index contributed by atoms with van der Waals surface area (Å²) in [6, 6.07) is 11.9. The number of aryl methyl sites for hydroxylation is 1. The standard InChI is InChI=1S/C21H19FN4O4/c1-12-4-3-5-14(10-12)18-17(20(28)30-13(2)19(27)24-21(23)29)11-26(25-18)16-8-6-15(22)7-9-16/h3-11,13H,1-2H3,(H3,23,24,27,29)/t13-/m1/s1. The molecule has 3 aromatic rings. The van der Waals surface area contributed by atoms with Gasteiger partial charge in [0.1, 0.15) is 17.1 Å². The van der Waals surface area contributed by atoms with E-state index in [9.17, 15) is 18.8 Å². The van der Waals surface area contributed by atoms with E-state index in [0.717, 1.165) is 5.56 Å². The number of benzene rings is 2. The van der Waals surface area contributed by atoms with E-state index in [-0.39, 0.29) is 5.56 Å². The lowest BCUT2D eigenvalue weighted by Crippen LogP contribution is -2.42. The summed E-state index contributed by atoms with van der Waals surface area (Å²) in [7, 11) is 0. The minimum atomic E-state index is -1.26. The number of esters is 1. The van der Waals surface area contributed by atoms with Crippen LogP contribution in [0.2, 0.25) is 0 Å². The maximum atomic E-state index is 13.3. The second-order valence-electron chi connectivity index (χ2n) is 6.58. The van der Waals surface area contributed by atoms with E-state index >= 15 is 0 Å². The average molecular weight is 410 g/mol. The molecule has 3 N–H and O–H groups in total. The van der Waals surface area contributed by atoms with Gasteiger partial charge >= 0.3 is 12.0 Å². The Morgan fingerprint density at radius 3 is 2.50 bits per heavy atom. The predicted molar refractivity (Wildman–Crippen MR) is 106 cm³/mol. The zero-order chi connectivity index (χ0) is 21.8. The Labute approximate surface area is 171 Å². The quantitative estimate of drug-likeness (QED) is 0.628. The first-order chi connectivity index (χ1) is 14.2. The number of primary amides is 1. The van der Waals surface area contributed by atoms with Gasteiger partial charge < -0.3 is 10.5 Å². The van der Waals surface area contributed by atoms with Crippen LogP contribution in [0.15, 0.2) is 54.7 Å². The van der Waals surface area contributed by atoms with E-state index in [1.165, 1.54) is 42.1 Å². The summed E-state index contributed by atoms with van der Waals surface area (Å²) < 4.78 is 19.9. The van der Waals surface area contributed by atoms with E-state index in [4.69, 9.17) is 10.5 Å². The molecule has 0 unspecified atom stereocenters. The van der Waals surface area contributed by atoms with Gasteiger partial charge in [0, 0.05) is 11.8 Å². The van der Waals surface area contributed by atoms with Crippen molar-refractivity contribution >= 4 is 17.9 Å². The first kappa shape index (κ1) is 20.7. The van der Waals surface area contributed by atoms with Gasteiger partial charge in [0.15, 0.2) is 6.10 Å². The number of nitrogens with two attached hydrogens (primary N) is 1. The molecule has 0 aliphatic heterocycles. The molecule has 30 heavy (non-hydrogen) atoms. The third-order valence-electron chi connectivity index (χ3n) is 4.22. The van der Waals surface area contributed by atoms with Gasteiger partial charge in [-0.15, -0.1) is 0 Å². The number of carbonyl (C=O) groups is 3. The van der Waals surface area contributed by atoms with Crippen LogP contribution in [0.3, 0.4) is 0 Å². The molecule has 0 spiro atoms. The number of ether oxygens (including phenoxy) is 1. The molecule has 1 atom stereocenters. The van der Waals surface area contributed by atoms with E-state index < -0.39 is 29.8 Å². The molecular formula is C21H19FN4O4. The number of amides is 3. The SMILES string of the molecule is Cc1cccc(-c2nn(-c3ccc(F)cc3)cc2C(=O)O[C@H](C)C(=O)NC(N)=O)c1. The average Bonchev–Trinajstić information content (AvgIpc) is 3.13. The van der Waals surface area contributed by atoms with Crippen LogP contribution in [0.4, 0.5) is 9.18 Å². The highest BCUT2D eigenvalue weighted by atomic mass is 19.1. The molecule has 0 aliphatic rings. The number of nitrogens with zero attached hydrogens (tertiary/aromatic N) is 2. The van der Waals surface area contributed by atoms with Gasteiger partial charge in [0.05, 0.1) is 5.69 Å². The van der Waals surface area contributed by atoms with Crippen LogP contribution in [0.1, 0.15) is 22.8 Å². The molecule has 1 aromatic heterocycles. The molecule has 0 saturated carbocycles. The summed E-state index contributed by atoms with van der Waals surface area (Å²) in [6.45, 7) is 3.21. The highest BCUT2D eigenvalue weighted by molar-refractivity contribution is 6.00. The monoisotopic (exact) mass is 410 g/mol. The molecule has 8 nitrogen and oxygen atoms in total. The smallest absolute Gasteiger partial charge is 0.342 e. The van der Waals surface area contributed by atoms with Crippen LogP contribution >= 0.6 is 0 Å². The number of urea groups is 1. The van der Waals surface area contributed by atoms with Crippen molar-refractivity contribution in [2.45, 2.75) is 20.0 Å². The summed E-state index contributed by atoms with van der Waals surface area (Å²) >= 11 is 0. The Morgan fingerprint density at radius 2 is 1.87 bits per heavy atom. The van der Waals surface area contributed by atoms with Crippen LogP contribution in [0.25, 0.3) is 16.9 Å². The molecule has 2 aromatic carbocycles. The number of imide groups is 1. The number of carbonyl (C=O) groups excluding carboxylic acids is 3. The van der Waals surface area contributed by atoms with Crippen molar-refractivity contribution < 1.29 is 23.5 Å².